The van der Waals surface area contributed by atoms with Crippen molar-refractivity contribution in [2.45, 2.75) is 44.0 Å². The van der Waals surface area contributed by atoms with E-state index in [-0.39, 0.29) is 0 Å². The average Bonchev–Trinajstić information content (AvgIpc) is 3.12. The van der Waals surface area contributed by atoms with Gasteiger partial charge in [-0.1, -0.05) is 29.8 Å². The first-order valence-electron chi connectivity index (χ1n) is 6.64. The van der Waals surface area contributed by atoms with Gasteiger partial charge in [-0.05, 0) is 32.3 Å². The molecule has 1 aromatic rings. The molecule has 1 atom stereocenters. The minimum absolute atomic E-state index is 0.403. The fraction of sp³-hybridized carbons (Fsp3) is 0.533. The van der Waals surface area contributed by atoms with E-state index in [0.29, 0.717) is 11.8 Å². The van der Waals surface area contributed by atoms with Crippen molar-refractivity contribution in [3.05, 3.63) is 35.4 Å². The van der Waals surface area contributed by atoms with Crippen LogP contribution in [0.2, 0.25) is 0 Å². The maximum absolute atomic E-state index is 11.4. The normalized spacial score (nSPS) is 18.0. The Morgan fingerprint density at radius 3 is 2.84 bits per heavy atom. The van der Waals surface area contributed by atoms with Crippen molar-refractivity contribution in [3.8, 4) is 0 Å². The molecule has 2 rings (SSSR count). The maximum Gasteiger partial charge on any atom is 0.324 e. The molecule has 0 amide bonds. The summed E-state index contributed by atoms with van der Waals surface area (Å²) >= 11 is 1.68. The van der Waals surface area contributed by atoms with Crippen LogP contribution in [0.3, 0.4) is 0 Å². The van der Waals surface area contributed by atoms with Crippen LogP contribution in [0.15, 0.2) is 24.3 Å². The van der Waals surface area contributed by atoms with Crippen LogP contribution in [0.1, 0.15) is 30.9 Å². The highest BCUT2D eigenvalue weighted by molar-refractivity contribution is 7.98. The highest BCUT2D eigenvalue weighted by atomic mass is 32.2. The molecule has 19 heavy (non-hydrogen) atoms. The number of carboxylic acid groups (broad SMARTS) is 1. The Balaban J connectivity index is 1.86. The van der Waals surface area contributed by atoms with Gasteiger partial charge in [0.15, 0.2) is 0 Å². The Labute approximate surface area is 118 Å². The van der Waals surface area contributed by atoms with Crippen molar-refractivity contribution in [2.24, 2.45) is 0 Å². The number of aryl methyl sites for hydroxylation is 1. The lowest BCUT2D eigenvalue weighted by molar-refractivity contribution is -0.143. The molecule has 1 fully saturated rings. The monoisotopic (exact) mass is 279 g/mol. The van der Waals surface area contributed by atoms with Crippen LogP contribution >= 0.6 is 11.8 Å². The zero-order valence-corrected chi connectivity index (χ0v) is 12.3. The van der Waals surface area contributed by atoms with Gasteiger partial charge in [0.2, 0.25) is 0 Å². The van der Waals surface area contributed by atoms with E-state index in [2.05, 4.69) is 30.4 Å². The van der Waals surface area contributed by atoms with Crippen molar-refractivity contribution in [3.63, 3.8) is 0 Å². The zero-order chi connectivity index (χ0) is 13.9. The molecule has 0 bridgehead atoms. The first-order valence-corrected chi connectivity index (χ1v) is 7.79. The molecule has 0 saturated heterocycles. The summed E-state index contributed by atoms with van der Waals surface area (Å²) in [5, 5.41) is 12.6. The van der Waals surface area contributed by atoms with Gasteiger partial charge in [0.1, 0.15) is 5.54 Å². The SMILES string of the molecule is Cc1cccc(CSCC(C)(NC2CC2)C(=O)O)c1. The Bertz CT molecular complexity index is 459. The second-order valence-electron chi connectivity index (χ2n) is 5.54. The molecule has 104 valence electrons. The lowest BCUT2D eigenvalue weighted by Crippen LogP contribution is -2.52. The number of hydrogen-bond acceptors (Lipinski definition) is 3. The molecule has 2 N–H and O–H groups in total. The van der Waals surface area contributed by atoms with Gasteiger partial charge in [-0.15, -0.1) is 0 Å². The van der Waals surface area contributed by atoms with Gasteiger partial charge in [0, 0.05) is 17.5 Å². The first kappa shape index (κ1) is 14.4. The third-order valence-corrected chi connectivity index (χ3v) is 4.63. The molecule has 0 radical (unpaired) electrons. The number of rotatable bonds is 7. The molecule has 4 heteroatoms. The highest BCUT2D eigenvalue weighted by Gasteiger charge is 2.38. The van der Waals surface area contributed by atoms with Crippen molar-refractivity contribution in [2.75, 3.05) is 5.75 Å². The summed E-state index contributed by atoms with van der Waals surface area (Å²) in [4.78, 5) is 11.4. The summed E-state index contributed by atoms with van der Waals surface area (Å²) in [6, 6.07) is 8.76. The van der Waals surface area contributed by atoms with Gasteiger partial charge in [0.25, 0.3) is 0 Å². The number of nitrogens with one attached hydrogen (secondary N) is 1. The van der Waals surface area contributed by atoms with Crippen molar-refractivity contribution < 1.29 is 9.90 Å². The summed E-state index contributed by atoms with van der Waals surface area (Å²) in [6.45, 7) is 3.86. The van der Waals surface area contributed by atoms with Gasteiger partial charge >= 0.3 is 5.97 Å². The summed E-state index contributed by atoms with van der Waals surface area (Å²) in [6.07, 6.45) is 2.21. The van der Waals surface area contributed by atoms with Gasteiger partial charge in [-0.25, -0.2) is 0 Å². The predicted molar refractivity (Wildman–Crippen MR) is 79.5 cm³/mol. The maximum atomic E-state index is 11.4. The van der Waals surface area contributed by atoms with Crippen molar-refractivity contribution >= 4 is 17.7 Å². The van der Waals surface area contributed by atoms with E-state index >= 15 is 0 Å². The van der Waals surface area contributed by atoms with Gasteiger partial charge in [-0.3, -0.25) is 10.1 Å². The topological polar surface area (TPSA) is 49.3 Å². The van der Waals surface area contributed by atoms with Crippen LogP contribution in [0.5, 0.6) is 0 Å². The molecule has 1 unspecified atom stereocenters. The number of carboxylic acids is 1. The fourth-order valence-corrected chi connectivity index (χ4v) is 3.15. The molecule has 3 nitrogen and oxygen atoms in total. The highest BCUT2D eigenvalue weighted by Crippen LogP contribution is 2.26. The Morgan fingerprint density at radius 1 is 1.53 bits per heavy atom. The van der Waals surface area contributed by atoms with Gasteiger partial charge in [-0.2, -0.15) is 11.8 Å². The Hall–Kier alpha value is -1.00. The molecule has 1 saturated carbocycles. The number of aliphatic carboxylic acids is 1. The third kappa shape index (κ3) is 4.25. The van der Waals surface area contributed by atoms with Crippen LogP contribution < -0.4 is 5.32 Å². The number of benzene rings is 1. The minimum atomic E-state index is -0.810. The van der Waals surface area contributed by atoms with E-state index < -0.39 is 11.5 Å². The van der Waals surface area contributed by atoms with Crippen molar-refractivity contribution in [1.82, 2.24) is 5.32 Å². The van der Waals surface area contributed by atoms with Crippen LogP contribution in [0.4, 0.5) is 0 Å². The molecule has 1 aromatic carbocycles. The van der Waals surface area contributed by atoms with E-state index in [4.69, 9.17) is 0 Å². The van der Waals surface area contributed by atoms with Crippen LogP contribution in [-0.4, -0.2) is 28.4 Å². The largest absolute Gasteiger partial charge is 0.480 e. The second-order valence-corrected chi connectivity index (χ2v) is 6.52. The quantitative estimate of drug-likeness (QED) is 0.806. The van der Waals surface area contributed by atoms with Gasteiger partial charge in [0.05, 0.1) is 0 Å². The lowest BCUT2D eigenvalue weighted by atomic mass is 10.1. The van der Waals surface area contributed by atoms with Crippen molar-refractivity contribution in [1.29, 1.82) is 0 Å². The van der Waals surface area contributed by atoms with E-state index in [0.717, 1.165) is 18.6 Å². The number of hydrogen-bond donors (Lipinski definition) is 2. The Morgan fingerprint density at radius 2 is 2.26 bits per heavy atom. The average molecular weight is 279 g/mol. The standard InChI is InChI=1S/C15H21NO2S/c1-11-4-3-5-12(8-11)9-19-10-15(2,14(17)18)16-13-6-7-13/h3-5,8,13,16H,6-7,9-10H2,1-2H3,(H,17,18). The first-order chi connectivity index (χ1) is 8.99. The predicted octanol–water partition coefficient (Wildman–Crippen LogP) is 2.82. The smallest absolute Gasteiger partial charge is 0.324 e. The van der Waals surface area contributed by atoms with E-state index in [1.807, 2.05) is 6.07 Å². The second kappa shape index (κ2) is 5.97. The molecule has 1 aliphatic carbocycles. The van der Waals surface area contributed by atoms with E-state index in [1.165, 1.54) is 11.1 Å². The molecular weight excluding hydrogens is 258 g/mol. The molecule has 0 aliphatic heterocycles. The van der Waals surface area contributed by atoms with Crippen LogP contribution in [0, 0.1) is 6.92 Å². The van der Waals surface area contributed by atoms with E-state index in [1.54, 1.807) is 18.7 Å². The Kier molecular flexibility index (Phi) is 4.53. The van der Waals surface area contributed by atoms with Gasteiger partial charge < -0.3 is 5.11 Å². The zero-order valence-electron chi connectivity index (χ0n) is 11.5. The molecule has 1 aliphatic rings. The van der Waals surface area contributed by atoms with E-state index in [9.17, 15) is 9.90 Å². The molecular formula is C15H21NO2S. The lowest BCUT2D eigenvalue weighted by Gasteiger charge is -2.26. The molecule has 0 heterocycles. The molecule has 0 aromatic heterocycles. The van der Waals surface area contributed by atoms with Crippen LogP contribution in [-0.2, 0) is 10.5 Å². The number of carbonyl (C=O) groups is 1. The minimum Gasteiger partial charge on any atom is -0.480 e. The molecule has 0 spiro atoms. The third-order valence-electron chi connectivity index (χ3n) is 3.31. The fourth-order valence-electron chi connectivity index (χ4n) is 2.02. The summed E-state index contributed by atoms with van der Waals surface area (Å²) < 4.78 is 0. The summed E-state index contributed by atoms with van der Waals surface area (Å²) in [5.74, 6) is 0.695. The summed E-state index contributed by atoms with van der Waals surface area (Å²) in [7, 11) is 0. The summed E-state index contributed by atoms with van der Waals surface area (Å²) in [5.41, 5.74) is 1.69. The van der Waals surface area contributed by atoms with Crippen LogP contribution in [0.25, 0.3) is 0 Å². The number of thioether (sulfide) groups is 1.